The van der Waals surface area contributed by atoms with E-state index >= 15 is 0 Å². The number of hydrogen-bond acceptors (Lipinski definition) is 2. The van der Waals surface area contributed by atoms with E-state index < -0.39 is 0 Å². The fraction of sp³-hybridized carbons (Fsp3) is 0.571. The quantitative estimate of drug-likeness (QED) is 0.713. The van der Waals surface area contributed by atoms with Gasteiger partial charge in [-0.15, -0.1) is 0 Å². The Kier molecular flexibility index (Phi) is 5.94. The first kappa shape index (κ1) is 13.0. The van der Waals surface area contributed by atoms with Crippen molar-refractivity contribution in [2.75, 3.05) is 6.61 Å². The van der Waals surface area contributed by atoms with Crippen LogP contribution in [-0.4, -0.2) is 6.61 Å². The van der Waals surface area contributed by atoms with E-state index in [2.05, 4.69) is 26.0 Å². The number of rotatable bonds is 7. The van der Waals surface area contributed by atoms with Crippen molar-refractivity contribution in [3.63, 3.8) is 0 Å². The molecule has 1 unspecified atom stereocenters. The highest BCUT2D eigenvalue weighted by Gasteiger charge is 2.02. The van der Waals surface area contributed by atoms with Gasteiger partial charge >= 0.3 is 0 Å². The molecule has 0 aliphatic heterocycles. The van der Waals surface area contributed by atoms with Gasteiger partial charge in [-0.25, -0.2) is 0 Å². The van der Waals surface area contributed by atoms with Crippen LogP contribution in [-0.2, 0) is 0 Å². The average Bonchev–Trinajstić information content (AvgIpc) is 2.34. The maximum atomic E-state index is 5.94. The lowest BCUT2D eigenvalue weighted by molar-refractivity contribution is 0.306. The lowest BCUT2D eigenvalue weighted by Gasteiger charge is -2.10. The molecule has 0 bridgehead atoms. The van der Waals surface area contributed by atoms with Gasteiger partial charge in [0.1, 0.15) is 5.75 Å². The third-order valence-electron chi connectivity index (χ3n) is 2.76. The zero-order chi connectivity index (χ0) is 11.8. The molecule has 90 valence electrons. The van der Waals surface area contributed by atoms with Gasteiger partial charge in [0.2, 0.25) is 0 Å². The molecule has 0 aromatic heterocycles. The minimum Gasteiger partial charge on any atom is -0.494 e. The Morgan fingerprint density at radius 1 is 1.12 bits per heavy atom. The molecule has 2 heteroatoms. The predicted molar refractivity (Wildman–Crippen MR) is 68.7 cm³/mol. The maximum absolute atomic E-state index is 5.94. The molecule has 0 aliphatic carbocycles. The van der Waals surface area contributed by atoms with E-state index in [1.54, 1.807) is 0 Å². The monoisotopic (exact) mass is 221 g/mol. The maximum Gasteiger partial charge on any atom is 0.119 e. The summed E-state index contributed by atoms with van der Waals surface area (Å²) in [5.74, 6) is 0.947. The molecule has 0 radical (unpaired) electrons. The molecule has 0 spiro atoms. The molecule has 0 saturated heterocycles. The normalized spacial score (nSPS) is 12.4. The zero-order valence-electron chi connectivity index (χ0n) is 10.4. The number of hydrogen-bond donors (Lipinski definition) is 1. The van der Waals surface area contributed by atoms with E-state index in [0.717, 1.165) is 25.2 Å². The first-order chi connectivity index (χ1) is 7.77. The van der Waals surface area contributed by atoms with Crippen molar-refractivity contribution in [3.05, 3.63) is 29.8 Å². The summed E-state index contributed by atoms with van der Waals surface area (Å²) in [4.78, 5) is 0. The summed E-state index contributed by atoms with van der Waals surface area (Å²) >= 11 is 0. The molecule has 1 aromatic rings. The van der Waals surface area contributed by atoms with Crippen LogP contribution in [0.25, 0.3) is 0 Å². The molecule has 16 heavy (non-hydrogen) atoms. The molecule has 2 N–H and O–H groups in total. The predicted octanol–water partition coefficient (Wildman–Crippen LogP) is 3.67. The van der Waals surface area contributed by atoms with Gasteiger partial charge in [-0.1, -0.05) is 38.8 Å². The largest absolute Gasteiger partial charge is 0.494 e. The molecule has 1 atom stereocenters. The lowest BCUT2D eigenvalue weighted by Crippen LogP contribution is -2.08. The first-order valence-corrected chi connectivity index (χ1v) is 6.26. The third-order valence-corrected chi connectivity index (χ3v) is 2.76. The molecule has 0 heterocycles. The average molecular weight is 221 g/mol. The summed E-state index contributed by atoms with van der Waals surface area (Å²) in [7, 11) is 0. The van der Waals surface area contributed by atoms with Crippen LogP contribution in [0.4, 0.5) is 0 Å². The van der Waals surface area contributed by atoms with Gasteiger partial charge in [0.15, 0.2) is 0 Å². The fourth-order valence-corrected chi connectivity index (χ4v) is 1.59. The second-order valence-electron chi connectivity index (χ2n) is 4.14. The minimum atomic E-state index is 0.147. The molecule has 0 aliphatic rings. The molecule has 1 rings (SSSR count). The van der Waals surface area contributed by atoms with Gasteiger partial charge in [0.05, 0.1) is 6.61 Å². The highest BCUT2D eigenvalue weighted by Crippen LogP contribution is 2.18. The fourth-order valence-electron chi connectivity index (χ4n) is 1.59. The lowest BCUT2D eigenvalue weighted by atomic mass is 10.1. The summed E-state index contributed by atoms with van der Waals surface area (Å²) in [5.41, 5.74) is 7.13. The molecule has 0 saturated carbocycles. The van der Waals surface area contributed by atoms with Crippen LogP contribution in [0.1, 0.15) is 51.1 Å². The highest BCUT2D eigenvalue weighted by atomic mass is 16.5. The zero-order valence-corrected chi connectivity index (χ0v) is 10.4. The van der Waals surface area contributed by atoms with E-state index in [0.29, 0.717) is 0 Å². The van der Waals surface area contributed by atoms with Crippen LogP contribution in [0, 0.1) is 0 Å². The second kappa shape index (κ2) is 7.29. The van der Waals surface area contributed by atoms with Crippen molar-refractivity contribution in [1.29, 1.82) is 0 Å². The van der Waals surface area contributed by atoms with Gasteiger partial charge in [-0.3, -0.25) is 0 Å². The summed E-state index contributed by atoms with van der Waals surface area (Å²) in [6.07, 6.45) is 4.57. The van der Waals surface area contributed by atoms with Crippen LogP contribution in [0.5, 0.6) is 5.75 Å². The molecule has 0 fully saturated rings. The van der Waals surface area contributed by atoms with Crippen molar-refractivity contribution >= 4 is 0 Å². The summed E-state index contributed by atoms with van der Waals surface area (Å²) in [6.45, 7) is 5.10. The Bertz CT molecular complexity index is 281. The summed E-state index contributed by atoms with van der Waals surface area (Å²) in [5, 5.41) is 0. The Morgan fingerprint density at radius 2 is 1.81 bits per heavy atom. The Labute approximate surface area is 98.8 Å². The van der Waals surface area contributed by atoms with Crippen molar-refractivity contribution < 1.29 is 4.74 Å². The van der Waals surface area contributed by atoms with Gasteiger partial charge in [0, 0.05) is 6.04 Å². The van der Waals surface area contributed by atoms with Crippen LogP contribution < -0.4 is 10.5 Å². The van der Waals surface area contributed by atoms with E-state index in [1.807, 2.05) is 12.1 Å². The van der Waals surface area contributed by atoms with Crippen LogP contribution in [0.3, 0.4) is 0 Å². The molecule has 2 nitrogen and oxygen atoms in total. The van der Waals surface area contributed by atoms with E-state index in [4.69, 9.17) is 10.5 Å². The standard InChI is InChI=1S/C14H23NO/c1-3-5-6-11-16-13-9-7-12(8-10-13)14(15)4-2/h7-10,14H,3-6,11,15H2,1-2H3. The van der Waals surface area contributed by atoms with Crippen LogP contribution in [0.2, 0.25) is 0 Å². The Morgan fingerprint density at radius 3 is 2.38 bits per heavy atom. The first-order valence-electron chi connectivity index (χ1n) is 6.26. The van der Waals surface area contributed by atoms with Gasteiger partial charge < -0.3 is 10.5 Å². The third kappa shape index (κ3) is 4.23. The minimum absolute atomic E-state index is 0.147. The SMILES string of the molecule is CCCCCOc1ccc(C(N)CC)cc1. The molecule has 0 amide bonds. The van der Waals surface area contributed by atoms with Crippen LogP contribution in [0.15, 0.2) is 24.3 Å². The molecular weight excluding hydrogens is 198 g/mol. The summed E-state index contributed by atoms with van der Waals surface area (Å²) in [6, 6.07) is 8.29. The number of benzene rings is 1. The van der Waals surface area contributed by atoms with Gasteiger partial charge in [0.25, 0.3) is 0 Å². The summed E-state index contributed by atoms with van der Waals surface area (Å²) < 4.78 is 5.64. The molecular formula is C14H23NO. The Balaban J connectivity index is 2.39. The van der Waals surface area contributed by atoms with E-state index in [9.17, 15) is 0 Å². The number of unbranched alkanes of at least 4 members (excludes halogenated alkanes) is 2. The highest BCUT2D eigenvalue weighted by molar-refractivity contribution is 5.28. The van der Waals surface area contributed by atoms with E-state index in [-0.39, 0.29) is 6.04 Å². The van der Waals surface area contributed by atoms with Crippen molar-refractivity contribution in [1.82, 2.24) is 0 Å². The van der Waals surface area contributed by atoms with Gasteiger partial charge in [-0.2, -0.15) is 0 Å². The topological polar surface area (TPSA) is 35.2 Å². The second-order valence-corrected chi connectivity index (χ2v) is 4.14. The van der Waals surface area contributed by atoms with E-state index in [1.165, 1.54) is 18.4 Å². The molecule has 1 aromatic carbocycles. The van der Waals surface area contributed by atoms with Crippen LogP contribution >= 0.6 is 0 Å². The smallest absolute Gasteiger partial charge is 0.119 e. The van der Waals surface area contributed by atoms with Crippen molar-refractivity contribution in [3.8, 4) is 5.75 Å². The van der Waals surface area contributed by atoms with Gasteiger partial charge in [-0.05, 0) is 30.5 Å². The van der Waals surface area contributed by atoms with Crippen molar-refractivity contribution in [2.45, 2.75) is 45.6 Å². The Hall–Kier alpha value is -1.02. The van der Waals surface area contributed by atoms with Crippen molar-refractivity contribution in [2.24, 2.45) is 5.73 Å². The number of nitrogens with two attached hydrogens (primary N) is 1. The number of ether oxygens (including phenoxy) is 1.